The molecule has 0 fully saturated rings. The molecule has 1 aromatic carbocycles. The summed E-state index contributed by atoms with van der Waals surface area (Å²) in [5.74, 6) is -1.26. The molecule has 0 aliphatic rings. The van der Waals surface area contributed by atoms with Gasteiger partial charge in [-0.05, 0) is 43.5 Å². The molecule has 3 rings (SSSR count). The first-order valence-corrected chi connectivity index (χ1v) is 8.84. The molecule has 1 amide bonds. The predicted octanol–water partition coefficient (Wildman–Crippen LogP) is 4.51. The van der Waals surface area contributed by atoms with Gasteiger partial charge in [-0.25, -0.2) is 4.79 Å². The molecule has 26 heavy (non-hydrogen) atoms. The van der Waals surface area contributed by atoms with Crippen LogP contribution in [0.3, 0.4) is 0 Å². The van der Waals surface area contributed by atoms with Gasteiger partial charge in [-0.15, -0.1) is 11.3 Å². The molecule has 2 aromatic heterocycles. The van der Waals surface area contributed by atoms with Crippen molar-refractivity contribution in [1.82, 2.24) is 0 Å². The fourth-order valence-corrected chi connectivity index (χ4v) is 3.28. The summed E-state index contributed by atoms with van der Waals surface area (Å²) < 4.78 is 10.7. The number of hydrogen-bond acceptors (Lipinski definition) is 6. The zero-order valence-corrected chi connectivity index (χ0v) is 15.4. The molecule has 132 valence electrons. The maximum absolute atomic E-state index is 12.4. The van der Waals surface area contributed by atoms with E-state index < -0.39 is 18.0 Å². The van der Waals surface area contributed by atoms with Crippen LogP contribution in [0.5, 0.6) is 0 Å². The standard InChI is InChI=1S/C18H13ClN2O4S/c1-9-13-7-12(19)3-4-14(13)25-15(9)18(23)24-10(2)16(22)21-17-11(8-20)5-6-26-17/h3-7,10H,1-2H3,(H,21,22)/t10-/m0/s1. The maximum atomic E-state index is 12.4. The number of carbonyl (C=O) groups is 2. The summed E-state index contributed by atoms with van der Waals surface area (Å²) in [6, 6.07) is 8.59. The molecule has 8 heteroatoms. The van der Waals surface area contributed by atoms with Crippen LogP contribution >= 0.6 is 22.9 Å². The molecule has 0 aliphatic carbocycles. The van der Waals surface area contributed by atoms with Crippen molar-refractivity contribution in [2.45, 2.75) is 20.0 Å². The molecular formula is C18H13ClN2O4S. The minimum absolute atomic E-state index is 0.0238. The third-order valence-corrected chi connectivity index (χ3v) is 4.82. The highest BCUT2D eigenvalue weighted by Crippen LogP contribution is 2.28. The van der Waals surface area contributed by atoms with Gasteiger partial charge in [0.1, 0.15) is 16.7 Å². The molecule has 1 atom stereocenters. The van der Waals surface area contributed by atoms with Crippen LogP contribution in [0.15, 0.2) is 34.1 Å². The number of nitrogens with one attached hydrogen (secondary N) is 1. The van der Waals surface area contributed by atoms with Crippen molar-refractivity contribution in [1.29, 1.82) is 5.26 Å². The van der Waals surface area contributed by atoms with Crippen LogP contribution in [0, 0.1) is 18.3 Å². The lowest BCUT2D eigenvalue weighted by atomic mass is 10.1. The van der Waals surface area contributed by atoms with Gasteiger partial charge in [0.25, 0.3) is 5.91 Å². The molecular weight excluding hydrogens is 376 g/mol. The molecule has 2 heterocycles. The summed E-state index contributed by atoms with van der Waals surface area (Å²) in [6.45, 7) is 3.16. The minimum Gasteiger partial charge on any atom is -0.449 e. The number of halogens is 1. The Morgan fingerprint density at radius 3 is 2.88 bits per heavy atom. The van der Waals surface area contributed by atoms with Crippen LogP contribution in [0.1, 0.15) is 28.6 Å². The van der Waals surface area contributed by atoms with E-state index >= 15 is 0 Å². The first-order chi connectivity index (χ1) is 12.4. The third kappa shape index (κ3) is 3.43. The van der Waals surface area contributed by atoms with E-state index in [0.29, 0.717) is 32.1 Å². The van der Waals surface area contributed by atoms with Crippen LogP contribution in [-0.4, -0.2) is 18.0 Å². The number of benzene rings is 1. The molecule has 0 aliphatic heterocycles. The van der Waals surface area contributed by atoms with Crippen LogP contribution in [0.4, 0.5) is 5.00 Å². The van der Waals surface area contributed by atoms with Crippen molar-refractivity contribution in [2.75, 3.05) is 5.32 Å². The highest BCUT2D eigenvalue weighted by molar-refractivity contribution is 7.14. The molecule has 3 aromatic rings. The topological polar surface area (TPSA) is 92.3 Å². The number of nitriles is 1. The zero-order chi connectivity index (χ0) is 18.8. The summed E-state index contributed by atoms with van der Waals surface area (Å²) in [7, 11) is 0. The van der Waals surface area contributed by atoms with Crippen molar-refractivity contribution < 1.29 is 18.7 Å². The summed E-state index contributed by atoms with van der Waals surface area (Å²) in [4.78, 5) is 24.6. The second kappa shape index (κ2) is 7.20. The number of nitrogens with zero attached hydrogens (tertiary/aromatic N) is 1. The number of furan rings is 1. The zero-order valence-electron chi connectivity index (χ0n) is 13.8. The first-order valence-electron chi connectivity index (χ1n) is 7.58. The lowest BCUT2D eigenvalue weighted by molar-refractivity contribution is -0.123. The van der Waals surface area contributed by atoms with E-state index in [9.17, 15) is 9.59 Å². The van der Waals surface area contributed by atoms with Crippen molar-refractivity contribution >= 4 is 50.8 Å². The summed E-state index contributed by atoms with van der Waals surface area (Å²) in [5, 5.41) is 14.9. The number of ether oxygens (including phenoxy) is 1. The number of hydrogen-bond donors (Lipinski definition) is 1. The molecule has 1 N–H and O–H groups in total. The monoisotopic (exact) mass is 388 g/mol. The third-order valence-electron chi connectivity index (χ3n) is 3.76. The summed E-state index contributed by atoms with van der Waals surface area (Å²) in [6.07, 6.45) is -1.06. The lowest BCUT2D eigenvalue weighted by Crippen LogP contribution is -2.30. The molecule has 0 unspecified atom stereocenters. The molecule has 0 saturated heterocycles. The number of fused-ring (bicyclic) bond motifs is 1. The van der Waals surface area contributed by atoms with Crippen LogP contribution in [0.25, 0.3) is 11.0 Å². The van der Waals surface area contributed by atoms with Crippen LogP contribution in [-0.2, 0) is 9.53 Å². The average molecular weight is 389 g/mol. The molecule has 0 radical (unpaired) electrons. The van der Waals surface area contributed by atoms with Crippen molar-refractivity contribution in [3.05, 3.63) is 51.6 Å². The highest BCUT2D eigenvalue weighted by Gasteiger charge is 2.25. The largest absolute Gasteiger partial charge is 0.449 e. The van der Waals surface area contributed by atoms with Crippen LogP contribution in [0.2, 0.25) is 5.02 Å². The van der Waals surface area contributed by atoms with E-state index in [2.05, 4.69) is 5.32 Å². The fourth-order valence-electron chi connectivity index (χ4n) is 2.36. The van der Waals surface area contributed by atoms with Crippen LogP contribution < -0.4 is 5.32 Å². The van der Waals surface area contributed by atoms with E-state index in [0.717, 1.165) is 0 Å². The van der Waals surface area contributed by atoms with Gasteiger partial charge in [-0.2, -0.15) is 5.26 Å². The number of esters is 1. The van der Waals surface area contributed by atoms with Gasteiger partial charge in [-0.3, -0.25) is 4.79 Å². The summed E-state index contributed by atoms with van der Waals surface area (Å²) >= 11 is 7.18. The van der Waals surface area contributed by atoms with Gasteiger partial charge in [0.05, 0.1) is 5.56 Å². The lowest BCUT2D eigenvalue weighted by Gasteiger charge is -2.12. The number of rotatable bonds is 4. The number of thiophene rings is 1. The Balaban J connectivity index is 1.74. The van der Waals surface area contributed by atoms with E-state index in [4.69, 9.17) is 26.0 Å². The minimum atomic E-state index is -1.06. The average Bonchev–Trinajstić information content (AvgIpc) is 3.19. The Morgan fingerprint density at radius 1 is 1.38 bits per heavy atom. The second-order valence-corrected chi connectivity index (χ2v) is 6.86. The molecule has 0 spiro atoms. The van der Waals surface area contributed by atoms with E-state index in [1.54, 1.807) is 36.6 Å². The normalized spacial score (nSPS) is 11.8. The Hall–Kier alpha value is -2.82. The SMILES string of the molecule is Cc1c(C(=O)O[C@@H](C)C(=O)Nc2sccc2C#N)oc2ccc(Cl)cc12. The van der Waals surface area contributed by atoms with Gasteiger partial charge >= 0.3 is 5.97 Å². The van der Waals surface area contributed by atoms with Gasteiger partial charge in [-0.1, -0.05) is 11.6 Å². The van der Waals surface area contributed by atoms with Gasteiger partial charge in [0, 0.05) is 16.0 Å². The van der Waals surface area contributed by atoms with E-state index in [1.807, 2.05) is 6.07 Å². The first kappa shape index (κ1) is 18.0. The quantitative estimate of drug-likeness (QED) is 0.663. The Labute approximate surface area is 157 Å². The number of carbonyl (C=O) groups excluding carboxylic acids is 2. The smallest absolute Gasteiger partial charge is 0.375 e. The predicted molar refractivity (Wildman–Crippen MR) is 98.5 cm³/mol. The maximum Gasteiger partial charge on any atom is 0.375 e. The van der Waals surface area contributed by atoms with Crippen molar-refractivity contribution in [3.8, 4) is 6.07 Å². The number of anilines is 1. The highest BCUT2D eigenvalue weighted by atomic mass is 35.5. The Kier molecular flexibility index (Phi) is 4.98. The van der Waals surface area contributed by atoms with Crippen molar-refractivity contribution in [3.63, 3.8) is 0 Å². The molecule has 0 saturated carbocycles. The number of amides is 1. The van der Waals surface area contributed by atoms with Gasteiger partial charge in [0.2, 0.25) is 5.76 Å². The second-order valence-electron chi connectivity index (χ2n) is 5.51. The molecule has 6 nitrogen and oxygen atoms in total. The fraction of sp³-hybridized carbons (Fsp3) is 0.167. The van der Waals surface area contributed by atoms with E-state index in [-0.39, 0.29) is 5.76 Å². The Morgan fingerprint density at radius 2 is 2.15 bits per heavy atom. The van der Waals surface area contributed by atoms with Crippen molar-refractivity contribution in [2.24, 2.45) is 0 Å². The van der Waals surface area contributed by atoms with Gasteiger partial charge in [0.15, 0.2) is 6.10 Å². The number of aryl methyl sites for hydroxylation is 1. The Bertz CT molecular complexity index is 1050. The summed E-state index contributed by atoms with van der Waals surface area (Å²) in [5.41, 5.74) is 1.45. The van der Waals surface area contributed by atoms with E-state index in [1.165, 1.54) is 18.3 Å². The molecule has 0 bridgehead atoms. The van der Waals surface area contributed by atoms with Gasteiger partial charge < -0.3 is 14.5 Å².